The molecule has 0 spiro atoms. The van der Waals surface area contributed by atoms with Gasteiger partial charge in [-0.1, -0.05) is 12.2 Å². The summed E-state index contributed by atoms with van der Waals surface area (Å²) in [6.07, 6.45) is 7.79. The van der Waals surface area contributed by atoms with Crippen molar-refractivity contribution >= 4 is 63.8 Å². The van der Waals surface area contributed by atoms with Gasteiger partial charge in [0.05, 0.1) is 35.6 Å². The average Bonchev–Trinajstić information content (AvgIpc) is 4.07. The second-order valence-corrected chi connectivity index (χ2v) is 16.0. The Hall–Kier alpha value is -7.55. The number of carbonyl (C=O) groups is 4. The number of aryl methyl sites for hydroxylation is 4. The van der Waals surface area contributed by atoms with Gasteiger partial charge in [0.2, 0.25) is 11.9 Å². The highest BCUT2D eigenvalue weighted by atomic mass is 16.5. The number of imidazole rings is 2. The number of carbonyl (C=O) groups excluding carboxylic acids is 4. The number of hydrogen-bond donors (Lipinski definition) is 6. The van der Waals surface area contributed by atoms with Crippen LogP contribution in [0.2, 0.25) is 0 Å². The molecule has 0 bridgehead atoms. The van der Waals surface area contributed by atoms with Crippen LogP contribution in [-0.4, -0.2) is 87.8 Å². The molecule has 0 atom stereocenters. The molecule has 3 amide bonds. The van der Waals surface area contributed by atoms with Crippen molar-refractivity contribution < 1.29 is 28.7 Å². The Morgan fingerprint density at radius 1 is 0.769 bits per heavy atom. The summed E-state index contributed by atoms with van der Waals surface area (Å²) in [4.78, 5) is 63.4. The highest BCUT2D eigenvalue weighted by Crippen LogP contribution is 2.34. The fourth-order valence-electron chi connectivity index (χ4n) is 8.54. The number of benzene rings is 2. The van der Waals surface area contributed by atoms with Crippen LogP contribution in [0.5, 0.6) is 11.5 Å². The molecule has 65 heavy (non-hydrogen) atoms. The maximum absolute atomic E-state index is 14.0. The minimum atomic E-state index is -0.410. The van der Waals surface area contributed by atoms with Gasteiger partial charge in [-0.05, 0) is 89.8 Å². The molecule has 0 radical (unpaired) electrons. The minimum absolute atomic E-state index is 0.0746. The van der Waals surface area contributed by atoms with Crippen LogP contribution in [0.4, 0.5) is 11.9 Å². The number of nitrogens with one attached hydrogen (secondary N) is 4. The van der Waals surface area contributed by atoms with Crippen molar-refractivity contribution in [1.29, 1.82) is 0 Å². The first-order chi connectivity index (χ1) is 31.5. The summed E-state index contributed by atoms with van der Waals surface area (Å²) in [5, 5.41) is 21.8. The molecule has 1 aliphatic heterocycles. The summed E-state index contributed by atoms with van der Waals surface area (Å²) in [6.45, 7) is 9.20. The van der Waals surface area contributed by atoms with E-state index in [-0.39, 0.29) is 56.1 Å². The number of anilines is 2. The molecule has 8 N–H and O–H groups in total. The molecule has 0 unspecified atom stereocenters. The molecule has 21 heteroatoms. The molecule has 8 rings (SSSR count). The molecule has 1 fully saturated rings. The second kappa shape index (κ2) is 19.1. The van der Waals surface area contributed by atoms with E-state index in [0.717, 1.165) is 19.1 Å². The number of aromatic nitrogens is 8. The van der Waals surface area contributed by atoms with Crippen molar-refractivity contribution in [2.24, 2.45) is 22.7 Å². The third-order valence-electron chi connectivity index (χ3n) is 11.6. The zero-order valence-electron chi connectivity index (χ0n) is 36.8. The summed E-state index contributed by atoms with van der Waals surface area (Å²) in [6, 6.07) is 10.0. The van der Waals surface area contributed by atoms with E-state index in [2.05, 4.69) is 36.7 Å². The monoisotopic (exact) mass is 887 g/mol. The Labute approximate surface area is 373 Å². The van der Waals surface area contributed by atoms with Crippen molar-refractivity contribution in [3.8, 4) is 11.5 Å². The highest BCUT2D eigenvalue weighted by molar-refractivity contribution is 6.05. The van der Waals surface area contributed by atoms with E-state index in [1.54, 1.807) is 45.8 Å². The third kappa shape index (κ3) is 9.12. The SMILES string of the molecule is CCn1nc(C)cc1C(=O)Nc1nc2cc(C=O)cc3c2n1C/C=C/Cn1c(NC(=O)c2cc(C)nn2CC)nc2cc(C(=O)NC4CCC(/C(=N/N)NN)CC4)cc(c21)OCCCO3. The molecule has 0 saturated heterocycles. The lowest BCUT2D eigenvalue weighted by Gasteiger charge is -2.29. The first-order valence-electron chi connectivity index (χ1n) is 21.7. The molecule has 4 aromatic heterocycles. The summed E-state index contributed by atoms with van der Waals surface area (Å²) < 4.78 is 19.7. The van der Waals surface area contributed by atoms with Gasteiger partial charge in [0, 0.05) is 55.7 Å². The smallest absolute Gasteiger partial charge is 0.276 e. The molecule has 1 saturated carbocycles. The van der Waals surface area contributed by atoms with Crippen LogP contribution in [-0.2, 0) is 26.2 Å². The number of rotatable bonds is 10. The molecule has 2 aromatic carbocycles. The first kappa shape index (κ1) is 44.1. The maximum Gasteiger partial charge on any atom is 0.276 e. The van der Waals surface area contributed by atoms with Crippen LogP contribution in [0.25, 0.3) is 22.1 Å². The van der Waals surface area contributed by atoms with Gasteiger partial charge >= 0.3 is 0 Å². The minimum Gasteiger partial charge on any atom is -0.491 e. The zero-order valence-corrected chi connectivity index (χ0v) is 36.8. The quantitative estimate of drug-likeness (QED) is 0.0282. The summed E-state index contributed by atoms with van der Waals surface area (Å²) in [5.74, 6) is 11.9. The number of hydrogen-bond acceptors (Lipinski definition) is 13. The molecule has 21 nitrogen and oxygen atoms in total. The number of allylic oxidation sites excluding steroid dienone is 2. The maximum atomic E-state index is 14.0. The van der Waals surface area contributed by atoms with Crippen LogP contribution in [0.1, 0.15) is 99.0 Å². The lowest BCUT2D eigenvalue weighted by Crippen LogP contribution is -2.43. The van der Waals surface area contributed by atoms with E-state index in [9.17, 15) is 19.2 Å². The van der Waals surface area contributed by atoms with E-state index in [1.807, 2.05) is 49.0 Å². The Morgan fingerprint density at radius 2 is 1.31 bits per heavy atom. The fourth-order valence-corrected chi connectivity index (χ4v) is 8.54. The van der Waals surface area contributed by atoms with Crippen LogP contribution < -0.4 is 42.5 Å². The predicted molar refractivity (Wildman–Crippen MR) is 243 cm³/mol. The van der Waals surface area contributed by atoms with Crippen LogP contribution >= 0.6 is 0 Å². The largest absolute Gasteiger partial charge is 0.491 e. The van der Waals surface area contributed by atoms with Crippen LogP contribution in [0.15, 0.2) is 53.7 Å². The average molecular weight is 888 g/mol. The van der Waals surface area contributed by atoms with E-state index in [4.69, 9.17) is 31.1 Å². The lowest BCUT2D eigenvalue weighted by atomic mass is 9.85. The van der Waals surface area contributed by atoms with E-state index in [0.29, 0.717) is 106 Å². The number of hydrazone groups is 1. The van der Waals surface area contributed by atoms with Gasteiger partial charge in [0.15, 0.2) is 0 Å². The highest BCUT2D eigenvalue weighted by Gasteiger charge is 2.28. The van der Waals surface area contributed by atoms with Gasteiger partial charge in [-0.15, -0.1) is 0 Å². The molecular formula is C44H53N15O6. The van der Waals surface area contributed by atoms with Gasteiger partial charge in [-0.25, -0.2) is 15.8 Å². The molecular weight excluding hydrogens is 835 g/mol. The van der Waals surface area contributed by atoms with E-state index < -0.39 is 11.8 Å². The van der Waals surface area contributed by atoms with Crippen molar-refractivity contribution in [2.75, 3.05) is 23.8 Å². The number of ether oxygens (including phenoxy) is 2. The Balaban J connectivity index is 1.16. The fraction of sp³-hybridized carbons (Fsp3) is 0.386. The summed E-state index contributed by atoms with van der Waals surface area (Å²) in [7, 11) is 0. The van der Waals surface area contributed by atoms with Crippen LogP contribution in [0, 0.1) is 19.8 Å². The molecule has 1 aliphatic carbocycles. The Morgan fingerprint density at radius 3 is 1.82 bits per heavy atom. The van der Waals surface area contributed by atoms with Gasteiger partial charge in [0.1, 0.15) is 46.0 Å². The number of nitrogens with two attached hydrogens (primary N) is 2. The van der Waals surface area contributed by atoms with Gasteiger partial charge in [-0.3, -0.25) is 39.2 Å². The zero-order chi connectivity index (χ0) is 45.8. The Kier molecular flexibility index (Phi) is 12.9. The Bertz CT molecular complexity index is 2840. The number of nitrogens with zero attached hydrogens (tertiary/aromatic N) is 9. The van der Waals surface area contributed by atoms with Crippen LogP contribution in [0.3, 0.4) is 0 Å². The topological polar surface area (TPSA) is 271 Å². The number of amidine groups is 1. The van der Waals surface area contributed by atoms with E-state index in [1.165, 1.54) is 0 Å². The van der Waals surface area contributed by atoms with E-state index >= 15 is 0 Å². The van der Waals surface area contributed by atoms with Gasteiger partial charge < -0.3 is 35.2 Å². The van der Waals surface area contributed by atoms with Gasteiger partial charge in [-0.2, -0.15) is 15.3 Å². The predicted octanol–water partition coefficient (Wildman–Crippen LogP) is 4.19. The lowest BCUT2D eigenvalue weighted by molar-refractivity contribution is 0.0923. The summed E-state index contributed by atoms with van der Waals surface area (Å²) in [5.41, 5.74) is 7.40. The van der Waals surface area contributed by atoms with Crippen molar-refractivity contribution in [2.45, 2.75) is 92.0 Å². The standard InChI is InChI=1S/C44H53N15O6/c1-5-58-33(18-25(3)54-58)41(62)50-43-48-31-20-27(24-60)21-35-37(31)56(43)14-7-8-15-57-38-32(49-44(57)51-42(63)34-19-26(4)55-59(34)6-2)22-29(23-36(38)65-17-9-16-64-35)40(61)47-30-12-10-28(11-13-30)39(52-45)53-46/h7-8,18-24,28,30H,5-6,9-17,45-46H2,1-4H3,(H,47,61)(H,52,53)(H,48,50,62)(H,49,51,63)/b8-7+. The molecule has 340 valence electrons. The third-order valence-corrected chi connectivity index (χ3v) is 11.6. The summed E-state index contributed by atoms with van der Waals surface area (Å²) >= 11 is 0. The number of amides is 3. The molecule has 5 heterocycles. The number of aldehydes is 1. The van der Waals surface area contributed by atoms with Crippen molar-refractivity contribution in [3.63, 3.8) is 0 Å². The normalized spacial score (nSPS) is 17.3. The molecule has 2 aliphatic rings. The first-order valence-corrected chi connectivity index (χ1v) is 21.7. The second-order valence-electron chi connectivity index (χ2n) is 16.0. The number of hydrazine groups is 1. The van der Waals surface area contributed by atoms with Gasteiger partial charge in [0.25, 0.3) is 17.7 Å². The molecule has 6 aromatic rings. The van der Waals surface area contributed by atoms with Crippen molar-refractivity contribution in [1.82, 2.24) is 49.4 Å². The van der Waals surface area contributed by atoms with Crippen molar-refractivity contribution in [3.05, 3.63) is 82.5 Å².